The second kappa shape index (κ2) is 4.60. The van der Waals surface area contributed by atoms with Gasteiger partial charge < -0.3 is 0 Å². The Morgan fingerprint density at radius 3 is 2.44 bits per heavy atom. The highest BCUT2D eigenvalue weighted by molar-refractivity contribution is 7.90. The van der Waals surface area contributed by atoms with Crippen LogP contribution >= 0.6 is 0 Å². The number of benzene rings is 1. The van der Waals surface area contributed by atoms with Gasteiger partial charge >= 0.3 is 0 Å². The van der Waals surface area contributed by atoms with Crippen LogP contribution < -0.4 is 0 Å². The molecule has 0 amide bonds. The summed E-state index contributed by atoms with van der Waals surface area (Å²) in [6.45, 7) is 5.55. The third-order valence-corrected chi connectivity index (χ3v) is 3.45. The molecule has 0 fully saturated rings. The summed E-state index contributed by atoms with van der Waals surface area (Å²) < 4.78 is 26.2. The lowest BCUT2D eigenvalue weighted by Crippen LogP contribution is -2.03. The van der Waals surface area contributed by atoms with Gasteiger partial charge in [-0.1, -0.05) is 30.4 Å². The van der Waals surface area contributed by atoms with E-state index in [0.29, 0.717) is 5.56 Å². The monoisotopic (exact) mass is 239 g/mol. The lowest BCUT2D eigenvalue weighted by molar-refractivity contribution is 0.563. The molecule has 0 bridgehead atoms. The van der Waals surface area contributed by atoms with Crippen molar-refractivity contribution in [1.29, 1.82) is 0 Å². The molecule has 0 saturated carbocycles. The number of hydrogen-bond donors (Lipinski definition) is 0. The second-order valence-corrected chi connectivity index (χ2v) is 5.43. The second-order valence-electron chi connectivity index (χ2n) is 3.85. The fourth-order valence-electron chi connectivity index (χ4n) is 1.44. The van der Waals surface area contributed by atoms with Gasteiger partial charge in [0.05, 0.1) is 4.90 Å². The van der Waals surface area contributed by atoms with Crippen LogP contribution in [0.15, 0.2) is 27.5 Å². The van der Waals surface area contributed by atoms with Gasteiger partial charge in [0.25, 0.3) is 16.1 Å². The smallest absolute Gasteiger partial charge is 0.210 e. The molecular weight excluding hydrogens is 226 g/mol. The zero-order valence-electron chi connectivity index (χ0n) is 9.39. The van der Waals surface area contributed by atoms with E-state index < -0.39 is 10.0 Å². The first-order valence-electron chi connectivity index (χ1n) is 4.83. The molecule has 4 nitrogen and oxygen atoms in total. The lowest BCUT2D eigenvalue weighted by Gasteiger charge is -2.10. The summed E-state index contributed by atoms with van der Waals surface area (Å²) in [7, 11) is -3.91. The molecule has 0 aliphatic carbocycles. The molecule has 1 aromatic rings. The molecule has 0 radical (unpaired) electrons. The molecule has 0 atom stereocenters. The van der Waals surface area contributed by atoms with E-state index in [2.05, 4.69) is 4.40 Å². The van der Waals surface area contributed by atoms with E-state index in [1.54, 1.807) is 13.0 Å². The van der Waals surface area contributed by atoms with Crippen molar-refractivity contribution in [1.82, 2.24) is 0 Å². The number of nitrogens with zero attached hydrogens (tertiary/aromatic N) is 1. The molecule has 0 saturated heterocycles. The third-order valence-electron chi connectivity index (χ3n) is 2.23. The molecule has 0 spiro atoms. The van der Waals surface area contributed by atoms with Gasteiger partial charge in [-0.05, 0) is 30.0 Å². The maximum absolute atomic E-state index is 11.7. The maximum Gasteiger partial charge on any atom is 0.292 e. The van der Waals surface area contributed by atoms with E-state index in [4.69, 9.17) is 0 Å². The first-order valence-corrected chi connectivity index (χ1v) is 6.27. The molecule has 1 rings (SSSR count). The van der Waals surface area contributed by atoms with Crippen molar-refractivity contribution in [3.63, 3.8) is 0 Å². The van der Waals surface area contributed by atoms with E-state index in [1.165, 1.54) is 6.07 Å². The number of sulfonamides is 1. The molecule has 16 heavy (non-hydrogen) atoms. The fraction of sp³-hybridized carbons (Fsp3) is 0.364. The normalized spacial score (nSPS) is 11.2. The van der Waals surface area contributed by atoms with Gasteiger partial charge in [-0.2, -0.15) is 8.42 Å². The van der Waals surface area contributed by atoms with E-state index >= 15 is 0 Å². The molecule has 0 aliphatic rings. The maximum atomic E-state index is 11.7. The zero-order valence-corrected chi connectivity index (χ0v) is 10.2. The van der Waals surface area contributed by atoms with Gasteiger partial charge in [0.1, 0.15) is 0 Å². The first kappa shape index (κ1) is 12.6. The summed E-state index contributed by atoms with van der Waals surface area (Å²) in [5.74, 6) is 0.0484. The SMILES string of the molecule is Cc1ccc(C(C)C)c(S(=O)(=O)N=C=O)c1. The van der Waals surface area contributed by atoms with Crippen LogP contribution in [0.1, 0.15) is 30.9 Å². The minimum Gasteiger partial charge on any atom is -0.210 e. The average molecular weight is 239 g/mol. The van der Waals surface area contributed by atoms with Crippen LogP contribution in [0.5, 0.6) is 0 Å². The Labute approximate surface area is 95.1 Å². The van der Waals surface area contributed by atoms with Gasteiger partial charge in [0.15, 0.2) is 0 Å². The Kier molecular flexibility index (Phi) is 3.62. The van der Waals surface area contributed by atoms with Crippen molar-refractivity contribution < 1.29 is 13.2 Å². The van der Waals surface area contributed by atoms with Crippen LogP contribution in [0, 0.1) is 6.92 Å². The molecular formula is C11H13NO3S. The van der Waals surface area contributed by atoms with Crippen LogP contribution in [-0.4, -0.2) is 14.5 Å². The van der Waals surface area contributed by atoms with Crippen LogP contribution in [-0.2, 0) is 14.8 Å². The molecule has 0 N–H and O–H groups in total. The summed E-state index contributed by atoms with van der Waals surface area (Å²) >= 11 is 0. The molecule has 0 aliphatic heterocycles. The van der Waals surface area contributed by atoms with E-state index in [0.717, 1.165) is 11.6 Å². The Balaban J connectivity index is 3.54. The summed E-state index contributed by atoms with van der Waals surface area (Å²) in [5, 5.41) is 0. The highest BCUT2D eigenvalue weighted by Gasteiger charge is 2.19. The van der Waals surface area contributed by atoms with Crippen LogP contribution in [0.4, 0.5) is 0 Å². The predicted octanol–water partition coefficient (Wildman–Crippen LogP) is 2.14. The molecule has 0 aromatic heterocycles. The molecule has 5 heteroatoms. The summed E-state index contributed by atoms with van der Waals surface area (Å²) in [6.07, 6.45) is 1.08. The number of rotatable bonds is 3. The number of aryl methyl sites for hydroxylation is 1. The minimum absolute atomic E-state index is 0.0484. The summed E-state index contributed by atoms with van der Waals surface area (Å²) in [4.78, 5) is 10.2. The molecule has 1 aromatic carbocycles. The first-order chi connectivity index (χ1) is 7.38. The van der Waals surface area contributed by atoms with Crippen LogP contribution in [0.2, 0.25) is 0 Å². The minimum atomic E-state index is -3.91. The van der Waals surface area contributed by atoms with Gasteiger partial charge in [0.2, 0.25) is 0 Å². The van der Waals surface area contributed by atoms with Gasteiger partial charge in [0, 0.05) is 0 Å². The van der Waals surface area contributed by atoms with Gasteiger partial charge in [-0.25, -0.2) is 4.79 Å². The predicted molar refractivity (Wildman–Crippen MR) is 60.6 cm³/mol. The van der Waals surface area contributed by atoms with Gasteiger partial charge in [-0.15, -0.1) is 0 Å². The Hall–Kier alpha value is -1.45. The number of hydrogen-bond acceptors (Lipinski definition) is 3. The Bertz CT molecular complexity index is 540. The Morgan fingerprint density at radius 2 is 1.94 bits per heavy atom. The summed E-state index contributed by atoms with van der Waals surface area (Å²) in [5.41, 5.74) is 1.47. The largest absolute Gasteiger partial charge is 0.292 e. The van der Waals surface area contributed by atoms with Crippen molar-refractivity contribution in [2.75, 3.05) is 0 Å². The number of carbonyl (C=O) groups excluding carboxylic acids is 1. The van der Waals surface area contributed by atoms with E-state index in [-0.39, 0.29) is 10.8 Å². The van der Waals surface area contributed by atoms with E-state index in [1.807, 2.05) is 19.9 Å². The highest BCUT2D eigenvalue weighted by Crippen LogP contribution is 2.25. The Morgan fingerprint density at radius 1 is 1.31 bits per heavy atom. The fourth-order valence-corrected chi connectivity index (χ4v) is 2.57. The topological polar surface area (TPSA) is 63.6 Å². The van der Waals surface area contributed by atoms with Crippen molar-refractivity contribution in [2.45, 2.75) is 31.6 Å². The van der Waals surface area contributed by atoms with Crippen LogP contribution in [0.25, 0.3) is 0 Å². The van der Waals surface area contributed by atoms with Crippen molar-refractivity contribution in [3.05, 3.63) is 29.3 Å². The number of isocyanates is 1. The quantitative estimate of drug-likeness (QED) is 0.599. The standard InChI is InChI=1S/C11H13NO3S/c1-8(2)10-5-4-9(3)6-11(10)16(14,15)12-7-13/h4-6,8H,1-3H3. The molecule has 86 valence electrons. The lowest BCUT2D eigenvalue weighted by atomic mass is 10.0. The van der Waals surface area contributed by atoms with Crippen molar-refractivity contribution >= 4 is 16.1 Å². The van der Waals surface area contributed by atoms with E-state index in [9.17, 15) is 13.2 Å². The third kappa shape index (κ3) is 2.56. The highest BCUT2D eigenvalue weighted by atomic mass is 32.2. The van der Waals surface area contributed by atoms with Crippen molar-refractivity contribution in [3.8, 4) is 0 Å². The average Bonchev–Trinajstić information content (AvgIpc) is 2.17. The van der Waals surface area contributed by atoms with Crippen molar-refractivity contribution in [2.24, 2.45) is 4.40 Å². The molecule has 0 heterocycles. The zero-order chi connectivity index (χ0) is 12.3. The van der Waals surface area contributed by atoms with Crippen LogP contribution in [0.3, 0.4) is 0 Å². The summed E-state index contributed by atoms with van der Waals surface area (Å²) in [6, 6.07) is 5.09. The van der Waals surface area contributed by atoms with Gasteiger partial charge in [-0.3, -0.25) is 0 Å². The molecule has 0 unspecified atom stereocenters.